The molecule has 53 heavy (non-hydrogen) atoms. The number of ketones is 4. The molecular weight excluding hydrogens is 657 g/mol. The van der Waals surface area contributed by atoms with Crippen LogP contribution in [-0.2, 0) is 9.59 Å². The first-order chi connectivity index (χ1) is 24.9. The second-order valence-corrected chi connectivity index (χ2v) is 17.3. The molecule has 5 rings (SSSR count). The highest BCUT2D eigenvalue weighted by Crippen LogP contribution is 2.45. The second-order valence-electron chi connectivity index (χ2n) is 17.3. The third-order valence-electron chi connectivity index (χ3n) is 11.4. The molecule has 0 bridgehead atoms. The van der Waals surface area contributed by atoms with E-state index in [1.54, 1.807) is 54.6 Å². The third-order valence-corrected chi connectivity index (χ3v) is 11.4. The van der Waals surface area contributed by atoms with E-state index < -0.39 is 28.7 Å². The average molecular weight is 713 g/mol. The lowest BCUT2D eigenvalue weighted by molar-refractivity contribution is -0.118. The molecule has 2 aliphatic rings. The summed E-state index contributed by atoms with van der Waals surface area (Å²) in [6, 6.07) is 27.1. The molecular formula is C47H56N2O4. The maximum absolute atomic E-state index is 14.7. The van der Waals surface area contributed by atoms with Gasteiger partial charge in [0.1, 0.15) is 5.92 Å². The zero-order chi connectivity index (χ0) is 38.6. The van der Waals surface area contributed by atoms with Crippen molar-refractivity contribution < 1.29 is 19.2 Å². The van der Waals surface area contributed by atoms with Crippen LogP contribution in [0.2, 0.25) is 0 Å². The summed E-state index contributed by atoms with van der Waals surface area (Å²) < 4.78 is 0. The molecule has 2 aliphatic heterocycles. The first-order valence-corrected chi connectivity index (χ1v) is 18.9. The molecule has 0 saturated heterocycles. The fourth-order valence-electron chi connectivity index (χ4n) is 7.43. The van der Waals surface area contributed by atoms with Gasteiger partial charge in [0.15, 0.2) is 23.1 Å². The van der Waals surface area contributed by atoms with Crippen LogP contribution in [0.1, 0.15) is 107 Å². The summed E-state index contributed by atoms with van der Waals surface area (Å²) >= 11 is 0. The smallest absolute Gasteiger partial charge is 0.183 e. The van der Waals surface area contributed by atoms with Crippen LogP contribution in [0.5, 0.6) is 0 Å². The van der Waals surface area contributed by atoms with Crippen LogP contribution in [0, 0.1) is 16.7 Å². The number of hydrogen-bond donors (Lipinski definition) is 0. The van der Waals surface area contributed by atoms with Crippen molar-refractivity contribution in [2.45, 2.75) is 92.2 Å². The number of Topliss-reactive ketones (excluding diaryl/α,β-unsaturated/α-hetero) is 3. The van der Waals surface area contributed by atoms with Crippen molar-refractivity contribution in [3.05, 3.63) is 137 Å². The molecule has 0 amide bonds. The van der Waals surface area contributed by atoms with Crippen LogP contribution in [0.15, 0.2) is 121 Å². The van der Waals surface area contributed by atoms with Crippen molar-refractivity contribution >= 4 is 29.2 Å². The van der Waals surface area contributed by atoms with Gasteiger partial charge in [-0.15, -0.1) is 0 Å². The number of hydrogen-bond acceptors (Lipinski definition) is 6. The van der Waals surface area contributed by atoms with E-state index in [0.29, 0.717) is 23.1 Å². The molecule has 6 heteroatoms. The molecule has 0 aromatic heterocycles. The molecule has 3 aromatic rings. The largest absolute Gasteiger partial charge is 0.372 e. The number of nitrogens with zero attached hydrogens (tertiary/aromatic N) is 2. The van der Waals surface area contributed by atoms with E-state index in [9.17, 15) is 19.2 Å². The Bertz CT molecular complexity index is 1850. The lowest BCUT2D eigenvalue weighted by atomic mass is 9.69. The fourth-order valence-corrected chi connectivity index (χ4v) is 7.43. The van der Waals surface area contributed by atoms with Crippen molar-refractivity contribution in [1.82, 2.24) is 9.80 Å². The van der Waals surface area contributed by atoms with E-state index in [0.717, 1.165) is 43.5 Å². The predicted octanol–water partition coefficient (Wildman–Crippen LogP) is 9.79. The standard InChI is InChI=1S/C47H56N2O4/c1-44(2,3)48-31-29-47(8,37(32-48)39(50)25-24-34-18-12-9-13-19-34)27-26-46(6,7)49-30-28-45(4,5)38(33-49)43(53)40(41(51)35-20-14-10-15-21-35)42(52)36-22-16-11-17-23-36/h9-25,32-33,40H,26-31H2,1-8H3/b25-24+. The maximum atomic E-state index is 14.7. The van der Waals surface area contributed by atoms with Crippen molar-refractivity contribution in [3.63, 3.8) is 0 Å². The summed E-state index contributed by atoms with van der Waals surface area (Å²) in [4.78, 5) is 61.2. The second kappa shape index (κ2) is 15.6. The highest BCUT2D eigenvalue weighted by Gasteiger charge is 2.45. The summed E-state index contributed by atoms with van der Waals surface area (Å²) in [6.07, 6.45) is 10.7. The van der Waals surface area contributed by atoms with Gasteiger partial charge in [-0.2, -0.15) is 0 Å². The van der Waals surface area contributed by atoms with Gasteiger partial charge in [0, 0.05) is 58.8 Å². The Morgan fingerprint density at radius 2 is 1.15 bits per heavy atom. The number of benzene rings is 3. The molecule has 1 atom stereocenters. The first-order valence-electron chi connectivity index (χ1n) is 18.9. The number of allylic oxidation sites excluding steroid dienone is 3. The van der Waals surface area contributed by atoms with Crippen molar-refractivity contribution in [1.29, 1.82) is 0 Å². The topological polar surface area (TPSA) is 74.8 Å². The van der Waals surface area contributed by atoms with Gasteiger partial charge >= 0.3 is 0 Å². The van der Waals surface area contributed by atoms with Crippen LogP contribution in [0.3, 0.4) is 0 Å². The zero-order valence-electron chi connectivity index (χ0n) is 32.8. The minimum absolute atomic E-state index is 0.0211. The normalized spacial score (nSPS) is 19.2. The van der Waals surface area contributed by atoms with Gasteiger partial charge < -0.3 is 9.80 Å². The van der Waals surface area contributed by atoms with Gasteiger partial charge in [-0.25, -0.2) is 0 Å². The SMILES string of the molecule is CC1(C)CCN(C(C)(C)CCC2(C)CCN(C(C)(C)C)C=C2C(=O)/C=C/c2ccccc2)C=C1C(=O)C(C(=O)c1ccccc1)C(=O)c1ccccc1. The van der Waals surface area contributed by atoms with E-state index in [1.165, 1.54) is 0 Å². The summed E-state index contributed by atoms with van der Waals surface area (Å²) in [5.74, 6) is -2.88. The van der Waals surface area contributed by atoms with Crippen molar-refractivity contribution in [2.75, 3.05) is 13.1 Å². The Hall–Kier alpha value is -4.84. The highest BCUT2D eigenvalue weighted by atomic mass is 16.2. The van der Waals surface area contributed by atoms with E-state index in [4.69, 9.17) is 0 Å². The molecule has 1 unspecified atom stereocenters. The van der Waals surface area contributed by atoms with Gasteiger partial charge in [0.2, 0.25) is 0 Å². The Labute approximate surface area is 316 Å². The Morgan fingerprint density at radius 1 is 0.660 bits per heavy atom. The van der Waals surface area contributed by atoms with E-state index >= 15 is 0 Å². The minimum Gasteiger partial charge on any atom is -0.372 e. The Balaban J connectivity index is 1.44. The van der Waals surface area contributed by atoms with Crippen LogP contribution in [0.4, 0.5) is 0 Å². The van der Waals surface area contributed by atoms with Crippen LogP contribution >= 0.6 is 0 Å². The van der Waals surface area contributed by atoms with Crippen molar-refractivity contribution in [2.24, 2.45) is 16.7 Å². The summed E-state index contributed by atoms with van der Waals surface area (Å²) in [5.41, 5.74) is 1.55. The van der Waals surface area contributed by atoms with E-state index in [2.05, 4.69) is 57.5 Å². The predicted molar refractivity (Wildman–Crippen MR) is 214 cm³/mol. The average Bonchev–Trinajstić information content (AvgIpc) is 3.13. The zero-order valence-corrected chi connectivity index (χ0v) is 32.8. The van der Waals surface area contributed by atoms with Gasteiger partial charge in [-0.3, -0.25) is 19.2 Å². The summed E-state index contributed by atoms with van der Waals surface area (Å²) in [6.45, 7) is 18.7. The fraction of sp³-hybridized carbons (Fsp3) is 0.404. The molecule has 6 nitrogen and oxygen atoms in total. The molecule has 0 N–H and O–H groups in total. The summed E-state index contributed by atoms with van der Waals surface area (Å²) in [7, 11) is 0. The molecule has 0 aliphatic carbocycles. The summed E-state index contributed by atoms with van der Waals surface area (Å²) in [5, 5.41) is 0. The lowest BCUT2D eigenvalue weighted by Crippen LogP contribution is -2.49. The van der Waals surface area contributed by atoms with Gasteiger partial charge in [-0.05, 0) is 82.8 Å². The van der Waals surface area contributed by atoms with E-state index in [-0.39, 0.29) is 22.3 Å². The Morgan fingerprint density at radius 3 is 1.68 bits per heavy atom. The molecule has 278 valence electrons. The number of carbonyl (C=O) groups excluding carboxylic acids is 4. The first kappa shape index (κ1) is 39.4. The van der Waals surface area contributed by atoms with Crippen LogP contribution < -0.4 is 0 Å². The molecule has 0 spiro atoms. The molecule has 0 fully saturated rings. The van der Waals surface area contributed by atoms with E-state index in [1.807, 2.05) is 68.6 Å². The number of rotatable bonds is 13. The monoisotopic (exact) mass is 712 g/mol. The maximum Gasteiger partial charge on any atom is 0.183 e. The van der Waals surface area contributed by atoms with Gasteiger partial charge in [0.25, 0.3) is 0 Å². The molecule has 3 aromatic carbocycles. The minimum atomic E-state index is -1.48. The molecule has 2 heterocycles. The van der Waals surface area contributed by atoms with Crippen molar-refractivity contribution in [3.8, 4) is 0 Å². The van der Waals surface area contributed by atoms with Gasteiger partial charge in [-0.1, -0.05) is 118 Å². The van der Waals surface area contributed by atoms with Crippen LogP contribution in [0.25, 0.3) is 6.08 Å². The van der Waals surface area contributed by atoms with Gasteiger partial charge in [0.05, 0.1) is 0 Å². The molecule has 0 radical (unpaired) electrons. The third kappa shape index (κ3) is 9.04. The molecule has 0 saturated carbocycles. The Kier molecular flexibility index (Phi) is 11.6. The number of carbonyl (C=O) groups is 4. The quantitative estimate of drug-likeness (QED) is 0.0998. The highest BCUT2D eigenvalue weighted by molar-refractivity contribution is 6.31. The lowest BCUT2D eigenvalue weighted by Gasteiger charge is -2.48. The van der Waals surface area contributed by atoms with Crippen LogP contribution in [-0.4, -0.2) is 57.1 Å².